The van der Waals surface area contributed by atoms with E-state index >= 15 is 0 Å². The topological polar surface area (TPSA) is 35.5 Å². The van der Waals surface area contributed by atoms with E-state index in [4.69, 9.17) is 27.9 Å². The molecule has 0 fully saturated rings. The van der Waals surface area contributed by atoms with Crippen LogP contribution in [-0.2, 0) is 11.3 Å². The minimum Gasteiger partial charge on any atom is -0.488 e. The van der Waals surface area contributed by atoms with Crippen LogP contribution >= 0.6 is 23.2 Å². The van der Waals surface area contributed by atoms with Crippen LogP contribution in [0.2, 0.25) is 10.0 Å². The smallest absolute Gasteiger partial charge is 0.341 e. The molecule has 0 aromatic heterocycles. The maximum Gasteiger partial charge on any atom is 0.341 e. The van der Waals surface area contributed by atoms with Crippen LogP contribution in [0.25, 0.3) is 0 Å². The molecule has 0 radical (unpaired) electrons. The lowest BCUT2D eigenvalue weighted by Gasteiger charge is -2.12. The first-order valence-corrected chi connectivity index (χ1v) is 6.72. The van der Waals surface area contributed by atoms with E-state index in [1.54, 1.807) is 12.1 Å². The Labute approximate surface area is 131 Å². The Morgan fingerprint density at radius 1 is 1.24 bits per heavy atom. The molecule has 0 bridgehead atoms. The number of carbonyl (C=O) groups excluding carboxylic acids is 1. The van der Waals surface area contributed by atoms with Gasteiger partial charge >= 0.3 is 5.97 Å². The summed E-state index contributed by atoms with van der Waals surface area (Å²) in [5, 5.41) is 0.621. The fourth-order valence-corrected chi connectivity index (χ4v) is 2.11. The van der Waals surface area contributed by atoms with E-state index in [0.29, 0.717) is 5.02 Å². The summed E-state index contributed by atoms with van der Waals surface area (Å²) < 4.78 is 23.8. The molecule has 0 aliphatic carbocycles. The second-order valence-electron chi connectivity index (χ2n) is 4.12. The lowest BCUT2D eigenvalue weighted by Crippen LogP contribution is -2.07. The van der Waals surface area contributed by atoms with Crippen LogP contribution in [-0.4, -0.2) is 13.1 Å². The molecule has 0 spiro atoms. The van der Waals surface area contributed by atoms with Gasteiger partial charge in [-0.15, -0.1) is 0 Å². The maximum atomic E-state index is 13.7. The number of benzene rings is 2. The number of ether oxygens (including phenoxy) is 2. The van der Waals surface area contributed by atoms with Crippen LogP contribution in [0, 0.1) is 5.82 Å². The zero-order valence-corrected chi connectivity index (χ0v) is 12.5. The third-order valence-corrected chi connectivity index (χ3v) is 3.37. The van der Waals surface area contributed by atoms with E-state index < -0.39 is 11.8 Å². The lowest BCUT2D eigenvalue weighted by molar-refractivity contribution is 0.0595. The summed E-state index contributed by atoms with van der Waals surface area (Å²) in [7, 11) is 1.25. The number of rotatable bonds is 4. The molecule has 2 rings (SSSR count). The highest BCUT2D eigenvalue weighted by atomic mass is 35.5. The van der Waals surface area contributed by atoms with E-state index in [-0.39, 0.29) is 28.5 Å². The monoisotopic (exact) mass is 328 g/mol. The highest BCUT2D eigenvalue weighted by molar-refractivity contribution is 6.31. The fraction of sp³-hybridized carbons (Fsp3) is 0.133. The van der Waals surface area contributed by atoms with Gasteiger partial charge in [-0.1, -0.05) is 29.3 Å². The number of hydrogen-bond acceptors (Lipinski definition) is 3. The molecule has 0 aliphatic rings. The first-order chi connectivity index (χ1) is 10.0. The molecular weight excluding hydrogens is 318 g/mol. The van der Waals surface area contributed by atoms with E-state index in [0.717, 1.165) is 0 Å². The van der Waals surface area contributed by atoms with Crippen molar-refractivity contribution in [2.75, 3.05) is 7.11 Å². The molecule has 0 atom stereocenters. The first kappa shape index (κ1) is 15.6. The zero-order chi connectivity index (χ0) is 15.4. The van der Waals surface area contributed by atoms with Gasteiger partial charge in [-0.2, -0.15) is 0 Å². The summed E-state index contributed by atoms with van der Waals surface area (Å²) in [6.07, 6.45) is 0. The maximum absolute atomic E-state index is 13.7. The number of methoxy groups -OCH3 is 1. The Hall–Kier alpha value is -1.78. The van der Waals surface area contributed by atoms with Crippen molar-refractivity contribution in [2.24, 2.45) is 0 Å². The summed E-state index contributed by atoms with van der Waals surface area (Å²) in [5.41, 5.74) is 0.377. The zero-order valence-electron chi connectivity index (χ0n) is 11.0. The third kappa shape index (κ3) is 3.65. The average molecular weight is 329 g/mol. The first-order valence-electron chi connectivity index (χ1n) is 5.96. The predicted octanol–water partition coefficient (Wildman–Crippen LogP) is 4.50. The van der Waals surface area contributed by atoms with Crippen LogP contribution in [0.4, 0.5) is 4.39 Å². The Morgan fingerprint density at radius 3 is 2.67 bits per heavy atom. The SMILES string of the molecule is COC(=O)c1cc(Cl)ccc1OCc1c(F)cccc1Cl. The molecule has 21 heavy (non-hydrogen) atoms. The van der Waals surface area contributed by atoms with E-state index in [9.17, 15) is 9.18 Å². The Bertz CT molecular complexity index is 654. The van der Waals surface area contributed by atoms with Gasteiger partial charge in [0.05, 0.1) is 12.1 Å². The molecular formula is C15H11Cl2FO3. The van der Waals surface area contributed by atoms with Gasteiger partial charge in [0, 0.05) is 10.6 Å². The van der Waals surface area contributed by atoms with Crippen molar-refractivity contribution in [3.63, 3.8) is 0 Å². The van der Waals surface area contributed by atoms with Crippen molar-refractivity contribution in [2.45, 2.75) is 6.61 Å². The van der Waals surface area contributed by atoms with Crippen molar-refractivity contribution in [1.29, 1.82) is 0 Å². The normalized spacial score (nSPS) is 10.3. The molecule has 110 valence electrons. The summed E-state index contributed by atoms with van der Waals surface area (Å²) in [5.74, 6) is -0.825. The molecule has 0 heterocycles. The van der Waals surface area contributed by atoms with Crippen molar-refractivity contribution in [1.82, 2.24) is 0 Å². The predicted molar refractivity (Wildman–Crippen MR) is 78.5 cm³/mol. The number of hydrogen-bond donors (Lipinski definition) is 0. The van der Waals surface area contributed by atoms with Gasteiger partial charge in [-0.05, 0) is 30.3 Å². The van der Waals surface area contributed by atoms with Gasteiger partial charge in [0.25, 0.3) is 0 Å². The summed E-state index contributed by atoms with van der Waals surface area (Å²) >= 11 is 11.8. The van der Waals surface area contributed by atoms with Crippen LogP contribution in [0.1, 0.15) is 15.9 Å². The Morgan fingerprint density at radius 2 is 2.00 bits per heavy atom. The molecule has 0 N–H and O–H groups in total. The second-order valence-corrected chi connectivity index (χ2v) is 4.96. The molecule has 6 heteroatoms. The van der Waals surface area contributed by atoms with Gasteiger partial charge < -0.3 is 9.47 Å². The van der Waals surface area contributed by atoms with Crippen LogP contribution in [0.15, 0.2) is 36.4 Å². The molecule has 0 saturated heterocycles. The fourth-order valence-electron chi connectivity index (χ4n) is 1.72. The van der Waals surface area contributed by atoms with Crippen molar-refractivity contribution in [3.8, 4) is 5.75 Å². The minimum atomic E-state index is -0.591. The van der Waals surface area contributed by atoms with Crippen LogP contribution < -0.4 is 4.74 Å². The highest BCUT2D eigenvalue weighted by Gasteiger charge is 2.15. The average Bonchev–Trinajstić information content (AvgIpc) is 2.47. The van der Waals surface area contributed by atoms with Crippen molar-refractivity contribution >= 4 is 29.2 Å². The Balaban J connectivity index is 2.26. The van der Waals surface area contributed by atoms with E-state index in [1.165, 1.54) is 31.4 Å². The van der Waals surface area contributed by atoms with Crippen molar-refractivity contribution in [3.05, 3.63) is 63.4 Å². The summed E-state index contributed by atoms with van der Waals surface area (Å²) in [4.78, 5) is 11.7. The van der Waals surface area contributed by atoms with Crippen LogP contribution in [0.5, 0.6) is 5.75 Å². The molecule has 0 saturated carbocycles. The van der Waals surface area contributed by atoms with Gasteiger partial charge in [0.2, 0.25) is 0 Å². The number of esters is 1. The van der Waals surface area contributed by atoms with Crippen molar-refractivity contribution < 1.29 is 18.7 Å². The van der Waals surface area contributed by atoms with Gasteiger partial charge in [-0.3, -0.25) is 0 Å². The van der Waals surface area contributed by atoms with E-state index in [1.807, 2.05) is 0 Å². The Kier molecular flexibility index (Phi) is 5.04. The molecule has 2 aromatic carbocycles. The quantitative estimate of drug-likeness (QED) is 0.775. The van der Waals surface area contributed by atoms with Gasteiger partial charge in [-0.25, -0.2) is 9.18 Å². The van der Waals surface area contributed by atoms with Gasteiger partial charge in [0.1, 0.15) is 23.7 Å². The molecule has 3 nitrogen and oxygen atoms in total. The largest absolute Gasteiger partial charge is 0.488 e. The summed E-state index contributed by atoms with van der Waals surface area (Å²) in [6, 6.07) is 8.85. The minimum absolute atomic E-state index is 0.114. The summed E-state index contributed by atoms with van der Waals surface area (Å²) in [6.45, 7) is -0.114. The second kappa shape index (κ2) is 6.78. The standard InChI is InChI=1S/C15H11Cl2FO3/c1-20-15(19)10-7-9(16)5-6-14(10)21-8-11-12(17)3-2-4-13(11)18/h2-7H,8H2,1H3. The highest BCUT2D eigenvalue weighted by Crippen LogP contribution is 2.26. The van der Waals surface area contributed by atoms with Crippen LogP contribution in [0.3, 0.4) is 0 Å². The van der Waals surface area contributed by atoms with E-state index in [2.05, 4.69) is 4.74 Å². The number of halogens is 3. The lowest BCUT2D eigenvalue weighted by atomic mass is 10.2. The van der Waals surface area contributed by atoms with Gasteiger partial charge in [0.15, 0.2) is 0 Å². The molecule has 0 amide bonds. The third-order valence-electron chi connectivity index (χ3n) is 2.78. The molecule has 0 unspecified atom stereocenters. The molecule has 0 aliphatic heterocycles. The molecule has 2 aromatic rings. The number of carbonyl (C=O) groups is 1.